The van der Waals surface area contributed by atoms with Gasteiger partial charge in [0.15, 0.2) is 0 Å². The smallest absolute Gasteiger partial charge is 0.279 e. The minimum Gasteiger partial charge on any atom is -0.496 e. The van der Waals surface area contributed by atoms with Gasteiger partial charge in [0.25, 0.3) is 10.2 Å². The zero-order valence-electron chi connectivity index (χ0n) is 13.4. The predicted octanol–water partition coefficient (Wildman–Crippen LogP) is 1.23. The summed E-state index contributed by atoms with van der Waals surface area (Å²) in [5.41, 5.74) is 0.971. The molecule has 1 unspecified atom stereocenters. The Labute approximate surface area is 133 Å². The lowest BCUT2D eigenvalue weighted by Crippen LogP contribution is -2.42. The quantitative estimate of drug-likeness (QED) is 0.818. The Balaban J connectivity index is 2.12. The number of ether oxygens (including phenoxy) is 1. The van der Waals surface area contributed by atoms with Gasteiger partial charge in [0.2, 0.25) is 0 Å². The van der Waals surface area contributed by atoms with Gasteiger partial charge in [-0.2, -0.15) is 12.7 Å². The maximum absolute atomic E-state index is 12.3. The third-order valence-corrected chi connectivity index (χ3v) is 5.56. The molecule has 1 aliphatic heterocycles. The Kier molecular flexibility index (Phi) is 5.80. The molecular formula is C15H25N3O3S. The van der Waals surface area contributed by atoms with Crippen molar-refractivity contribution in [3.05, 3.63) is 29.8 Å². The van der Waals surface area contributed by atoms with Crippen molar-refractivity contribution < 1.29 is 13.2 Å². The molecule has 0 bridgehead atoms. The zero-order chi connectivity index (χ0) is 16.2. The van der Waals surface area contributed by atoms with Crippen LogP contribution in [0.3, 0.4) is 0 Å². The Morgan fingerprint density at radius 1 is 1.27 bits per heavy atom. The van der Waals surface area contributed by atoms with Crippen molar-refractivity contribution in [2.45, 2.75) is 18.9 Å². The summed E-state index contributed by atoms with van der Waals surface area (Å²) in [5.74, 6) is 0.765. The summed E-state index contributed by atoms with van der Waals surface area (Å²) in [6.45, 7) is 1.53. The SMILES string of the molecule is COc1ccccc1C(CNS(=O)(=O)N1CCCC1)N(C)C. The second kappa shape index (κ2) is 7.41. The summed E-state index contributed by atoms with van der Waals surface area (Å²) in [6, 6.07) is 7.61. The molecule has 7 heteroatoms. The first-order valence-electron chi connectivity index (χ1n) is 7.50. The van der Waals surface area contributed by atoms with E-state index in [1.54, 1.807) is 7.11 Å². The Morgan fingerprint density at radius 3 is 2.50 bits per heavy atom. The highest BCUT2D eigenvalue weighted by Crippen LogP contribution is 2.27. The molecule has 1 fully saturated rings. The van der Waals surface area contributed by atoms with E-state index in [0.717, 1.165) is 24.2 Å². The van der Waals surface area contributed by atoms with Gasteiger partial charge in [-0.3, -0.25) is 0 Å². The van der Waals surface area contributed by atoms with Crippen molar-refractivity contribution in [1.82, 2.24) is 13.9 Å². The molecule has 22 heavy (non-hydrogen) atoms. The summed E-state index contributed by atoms with van der Waals surface area (Å²) in [5, 5.41) is 0. The number of para-hydroxylation sites is 1. The molecule has 0 aromatic heterocycles. The van der Waals surface area contributed by atoms with Gasteiger partial charge in [-0.25, -0.2) is 4.72 Å². The number of hydrogen-bond donors (Lipinski definition) is 1. The van der Waals surface area contributed by atoms with Crippen LogP contribution in [0.25, 0.3) is 0 Å². The number of nitrogens with zero attached hydrogens (tertiary/aromatic N) is 2. The maximum Gasteiger partial charge on any atom is 0.279 e. The van der Waals surface area contributed by atoms with Crippen LogP contribution in [0.5, 0.6) is 5.75 Å². The van der Waals surface area contributed by atoms with Crippen molar-refractivity contribution in [1.29, 1.82) is 0 Å². The molecule has 0 radical (unpaired) electrons. The number of benzene rings is 1. The lowest BCUT2D eigenvalue weighted by atomic mass is 10.1. The molecule has 0 aliphatic carbocycles. The molecule has 0 spiro atoms. The highest BCUT2D eigenvalue weighted by molar-refractivity contribution is 7.87. The van der Waals surface area contributed by atoms with Crippen LogP contribution >= 0.6 is 0 Å². The van der Waals surface area contributed by atoms with Gasteiger partial charge in [0.05, 0.1) is 13.2 Å². The lowest BCUT2D eigenvalue weighted by molar-refractivity contribution is 0.287. The minimum atomic E-state index is -3.40. The Bertz CT molecular complexity index is 583. The molecule has 124 valence electrons. The van der Waals surface area contributed by atoms with Gasteiger partial charge < -0.3 is 9.64 Å². The number of likely N-dealkylation sites (N-methyl/N-ethyl adjacent to an activating group) is 1. The predicted molar refractivity (Wildman–Crippen MR) is 87.2 cm³/mol. The van der Waals surface area contributed by atoms with Crippen molar-refractivity contribution in [2.75, 3.05) is 40.8 Å². The van der Waals surface area contributed by atoms with Crippen LogP contribution in [0.4, 0.5) is 0 Å². The van der Waals surface area contributed by atoms with Gasteiger partial charge in [0.1, 0.15) is 5.75 Å². The van der Waals surface area contributed by atoms with E-state index in [1.807, 2.05) is 43.3 Å². The molecule has 1 N–H and O–H groups in total. The molecule has 1 aliphatic rings. The standard InChI is InChI=1S/C15H25N3O3S/c1-17(2)14(13-8-4-5-9-15(13)21-3)12-16-22(19,20)18-10-6-7-11-18/h4-5,8-9,14,16H,6-7,10-12H2,1-3H3. The molecule has 6 nitrogen and oxygen atoms in total. The fourth-order valence-electron chi connectivity index (χ4n) is 2.72. The molecule has 1 aromatic rings. The molecule has 1 atom stereocenters. The van der Waals surface area contributed by atoms with Gasteiger partial charge in [-0.15, -0.1) is 0 Å². The Morgan fingerprint density at radius 2 is 1.91 bits per heavy atom. The second-order valence-electron chi connectivity index (χ2n) is 5.68. The molecular weight excluding hydrogens is 302 g/mol. The van der Waals surface area contributed by atoms with Crippen LogP contribution < -0.4 is 9.46 Å². The fraction of sp³-hybridized carbons (Fsp3) is 0.600. The highest BCUT2D eigenvalue weighted by atomic mass is 32.2. The molecule has 1 aromatic carbocycles. The summed E-state index contributed by atoms with van der Waals surface area (Å²) < 4.78 is 34.3. The number of rotatable bonds is 7. The first-order chi connectivity index (χ1) is 10.5. The number of methoxy groups -OCH3 is 1. The van der Waals surface area contributed by atoms with Crippen LogP contribution in [-0.4, -0.2) is 58.5 Å². The van der Waals surface area contributed by atoms with Gasteiger partial charge in [-0.05, 0) is 33.0 Å². The van der Waals surface area contributed by atoms with Gasteiger partial charge in [0, 0.05) is 25.2 Å². The van der Waals surface area contributed by atoms with Crippen LogP contribution in [0, 0.1) is 0 Å². The monoisotopic (exact) mass is 327 g/mol. The van der Waals surface area contributed by atoms with Crippen molar-refractivity contribution in [3.8, 4) is 5.75 Å². The van der Waals surface area contributed by atoms with Crippen LogP contribution in [0.1, 0.15) is 24.4 Å². The van der Waals surface area contributed by atoms with E-state index in [4.69, 9.17) is 4.74 Å². The summed E-state index contributed by atoms with van der Waals surface area (Å²) in [6.07, 6.45) is 1.87. The van der Waals surface area contributed by atoms with Crippen LogP contribution in [0.15, 0.2) is 24.3 Å². The Hall–Kier alpha value is -1.15. The second-order valence-corrected chi connectivity index (χ2v) is 7.44. The van der Waals surface area contributed by atoms with E-state index in [9.17, 15) is 8.42 Å². The molecule has 0 saturated carbocycles. The van der Waals surface area contributed by atoms with E-state index in [-0.39, 0.29) is 6.04 Å². The largest absolute Gasteiger partial charge is 0.496 e. The summed E-state index contributed by atoms with van der Waals surface area (Å²) in [4.78, 5) is 1.99. The van der Waals surface area contributed by atoms with Crippen molar-refractivity contribution >= 4 is 10.2 Å². The number of hydrogen-bond acceptors (Lipinski definition) is 4. The molecule has 1 heterocycles. The lowest BCUT2D eigenvalue weighted by Gasteiger charge is -2.27. The van der Waals surface area contributed by atoms with E-state index in [2.05, 4.69) is 4.72 Å². The highest BCUT2D eigenvalue weighted by Gasteiger charge is 2.27. The molecule has 2 rings (SSSR count). The first kappa shape index (κ1) is 17.2. The average Bonchev–Trinajstić information content (AvgIpc) is 3.02. The van der Waals surface area contributed by atoms with Gasteiger partial charge in [-0.1, -0.05) is 18.2 Å². The normalized spacial score (nSPS) is 17.8. The summed E-state index contributed by atoms with van der Waals surface area (Å²) in [7, 11) is 2.09. The third-order valence-electron chi connectivity index (χ3n) is 3.99. The van der Waals surface area contributed by atoms with E-state index in [1.165, 1.54) is 4.31 Å². The topological polar surface area (TPSA) is 61.9 Å². The first-order valence-corrected chi connectivity index (χ1v) is 8.94. The van der Waals surface area contributed by atoms with Crippen LogP contribution in [0.2, 0.25) is 0 Å². The van der Waals surface area contributed by atoms with Crippen molar-refractivity contribution in [2.24, 2.45) is 0 Å². The fourth-order valence-corrected chi connectivity index (χ4v) is 4.01. The van der Waals surface area contributed by atoms with Crippen LogP contribution in [-0.2, 0) is 10.2 Å². The average molecular weight is 327 g/mol. The van der Waals surface area contributed by atoms with E-state index in [0.29, 0.717) is 19.6 Å². The number of nitrogens with one attached hydrogen (secondary N) is 1. The maximum atomic E-state index is 12.3. The molecule has 0 amide bonds. The zero-order valence-corrected chi connectivity index (χ0v) is 14.3. The van der Waals surface area contributed by atoms with E-state index < -0.39 is 10.2 Å². The van der Waals surface area contributed by atoms with Gasteiger partial charge >= 0.3 is 0 Å². The summed E-state index contributed by atoms with van der Waals surface area (Å²) >= 11 is 0. The minimum absolute atomic E-state index is 0.0893. The van der Waals surface area contributed by atoms with Crippen molar-refractivity contribution in [3.63, 3.8) is 0 Å². The molecule has 1 saturated heterocycles. The van der Waals surface area contributed by atoms with E-state index >= 15 is 0 Å². The third kappa shape index (κ3) is 3.98.